The predicted molar refractivity (Wildman–Crippen MR) is 172 cm³/mol. The molecule has 244 valence electrons. The Morgan fingerprint density at radius 1 is 1.07 bits per heavy atom. The van der Waals surface area contributed by atoms with Crippen LogP contribution in [0.5, 0.6) is 0 Å². The number of rotatable bonds is 13. The van der Waals surface area contributed by atoms with Crippen LogP contribution in [0.1, 0.15) is 43.2 Å². The van der Waals surface area contributed by atoms with Gasteiger partial charge in [0, 0.05) is 31.1 Å². The van der Waals surface area contributed by atoms with Crippen molar-refractivity contribution < 1.29 is 24.3 Å². The summed E-state index contributed by atoms with van der Waals surface area (Å²) in [5.74, 6) is 0.165. The van der Waals surface area contributed by atoms with Crippen molar-refractivity contribution in [2.24, 2.45) is 0 Å². The molecular formula is C33H42N8O5. The van der Waals surface area contributed by atoms with E-state index in [1.165, 1.54) is 28.5 Å². The number of anilines is 1. The first kappa shape index (κ1) is 31.8. The quantitative estimate of drug-likeness (QED) is 0.161. The number of hydrogen-bond donors (Lipinski definition) is 4. The van der Waals surface area contributed by atoms with Crippen LogP contribution in [0, 0.1) is 0 Å². The molecule has 4 aromatic rings. The van der Waals surface area contributed by atoms with Gasteiger partial charge in [-0.1, -0.05) is 60.7 Å². The van der Waals surface area contributed by atoms with E-state index in [4.69, 9.17) is 14.4 Å². The van der Waals surface area contributed by atoms with E-state index in [1.807, 2.05) is 36.4 Å². The van der Waals surface area contributed by atoms with Gasteiger partial charge in [-0.3, -0.25) is 9.63 Å². The molecule has 0 spiro atoms. The van der Waals surface area contributed by atoms with Crippen LogP contribution < -0.4 is 21.0 Å². The third kappa shape index (κ3) is 6.98. The lowest BCUT2D eigenvalue weighted by atomic mass is 9.91. The smallest absolute Gasteiger partial charge is 0.252 e. The monoisotopic (exact) mass is 630 g/mol. The number of aromatic nitrogens is 4. The second kappa shape index (κ2) is 14.5. The lowest BCUT2D eigenvalue weighted by Gasteiger charge is -2.23. The highest BCUT2D eigenvalue weighted by Crippen LogP contribution is 2.29. The summed E-state index contributed by atoms with van der Waals surface area (Å²) in [5, 5.41) is 17.4. The number of aliphatic hydroxyl groups is 1. The number of imidazole rings is 1. The summed E-state index contributed by atoms with van der Waals surface area (Å²) in [6.45, 7) is 2.76. The first-order chi connectivity index (χ1) is 22.4. The fourth-order valence-electron chi connectivity index (χ4n) is 6.18. The number of aliphatic hydroxyl groups excluding tert-OH is 1. The molecule has 46 heavy (non-hydrogen) atoms. The van der Waals surface area contributed by atoms with Crippen molar-refractivity contribution in [3.8, 4) is 0 Å². The highest BCUT2D eigenvalue weighted by atomic mass is 16.8. The fraction of sp³-hybridized carbons (Fsp3) is 0.455. The van der Waals surface area contributed by atoms with Gasteiger partial charge < -0.3 is 30.2 Å². The molecule has 1 saturated carbocycles. The number of ether oxygens (including phenoxy) is 1. The van der Waals surface area contributed by atoms with Gasteiger partial charge in [0.1, 0.15) is 18.8 Å². The number of nitrogens with zero attached hydrogens (tertiary/aromatic N) is 5. The van der Waals surface area contributed by atoms with Gasteiger partial charge in [-0.2, -0.15) is 10.2 Å². The van der Waals surface area contributed by atoms with E-state index in [-0.39, 0.29) is 12.0 Å². The Bertz CT molecular complexity index is 1530. The van der Waals surface area contributed by atoms with E-state index in [9.17, 15) is 9.90 Å². The minimum atomic E-state index is -1.31. The molecule has 2 aliphatic rings. The average Bonchev–Trinajstić information content (AvgIpc) is 3.80. The lowest BCUT2D eigenvalue weighted by molar-refractivity contribution is -0.214. The zero-order valence-corrected chi connectivity index (χ0v) is 26.3. The van der Waals surface area contributed by atoms with E-state index in [2.05, 4.69) is 74.3 Å². The number of benzene rings is 2. The number of amides is 1. The average molecular weight is 631 g/mol. The van der Waals surface area contributed by atoms with Gasteiger partial charge in [0.05, 0.1) is 0 Å². The molecule has 1 saturated heterocycles. The normalized spacial score (nSPS) is 24.6. The molecule has 0 radical (unpaired) electrons. The van der Waals surface area contributed by atoms with E-state index in [0.717, 1.165) is 19.3 Å². The number of hydrogen-bond acceptors (Lipinski definition) is 11. The number of likely N-dealkylation sites (N-methyl/N-ethyl adjacent to an activating group) is 1. The maximum absolute atomic E-state index is 12.7. The van der Waals surface area contributed by atoms with Gasteiger partial charge in [-0.05, 0) is 51.4 Å². The molecule has 2 fully saturated rings. The molecule has 6 atom stereocenters. The van der Waals surface area contributed by atoms with E-state index < -0.39 is 30.5 Å². The highest BCUT2D eigenvalue weighted by molar-refractivity contribution is 5.83. The van der Waals surface area contributed by atoms with Crippen molar-refractivity contribution in [3.63, 3.8) is 0 Å². The Kier molecular flexibility index (Phi) is 10.0. The molecule has 6 rings (SSSR count). The van der Waals surface area contributed by atoms with Gasteiger partial charge >= 0.3 is 0 Å². The number of fused-ring (bicyclic) bond motifs is 1. The summed E-state index contributed by atoms with van der Waals surface area (Å²) in [4.78, 5) is 40.5. The number of hydroxylamine groups is 1. The Morgan fingerprint density at radius 2 is 1.78 bits per heavy atom. The molecule has 2 unspecified atom stereocenters. The van der Waals surface area contributed by atoms with Crippen LogP contribution in [0.4, 0.5) is 5.82 Å². The van der Waals surface area contributed by atoms with Gasteiger partial charge in [0.25, 0.3) is 5.91 Å². The van der Waals surface area contributed by atoms with Crippen LogP contribution in [-0.4, -0.2) is 99.5 Å². The molecule has 1 amide bonds. The molecule has 13 heteroatoms. The van der Waals surface area contributed by atoms with Crippen LogP contribution in [-0.2, 0) is 14.4 Å². The highest BCUT2D eigenvalue weighted by Gasteiger charge is 2.51. The van der Waals surface area contributed by atoms with Crippen LogP contribution in [0.15, 0.2) is 73.3 Å². The Morgan fingerprint density at radius 3 is 2.43 bits per heavy atom. The standard InChI is InChI=1S/C33H42N8O5/c1-4-34-32(43)28-27(42)29(33(44-28)45-39-23-15-16-24(17-23)40(2)3)46-41-20-38-26-30(36-19-37-31(26)41)35-18-25(21-11-7-5-8-12-21)22-13-9-6-10-14-22/h5-14,19-20,23-25,27-29,33,39,42H,4,15-18H2,1-3H3,(H,34,43)(H,35,36,37)/t23?,24?,27-,28+,29-,33+/m1/s1. The van der Waals surface area contributed by atoms with Crippen molar-refractivity contribution in [2.75, 3.05) is 32.5 Å². The van der Waals surface area contributed by atoms with Crippen molar-refractivity contribution in [2.45, 2.75) is 68.8 Å². The third-order valence-electron chi connectivity index (χ3n) is 8.71. The molecule has 0 bridgehead atoms. The van der Waals surface area contributed by atoms with E-state index >= 15 is 0 Å². The minimum absolute atomic E-state index is 0.0704. The maximum atomic E-state index is 12.7. The molecule has 13 nitrogen and oxygen atoms in total. The number of carbonyl (C=O) groups excluding carboxylic acids is 1. The summed E-state index contributed by atoms with van der Waals surface area (Å²) >= 11 is 0. The molecule has 2 aromatic heterocycles. The molecule has 4 N–H and O–H groups in total. The molecule has 2 aromatic carbocycles. The summed E-state index contributed by atoms with van der Waals surface area (Å²) in [6, 6.07) is 21.1. The first-order valence-corrected chi connectivity index (χ1v) is 15.8. The molecule has 1 aliphatic carbocycles. The van der Waals surface area contributed by atoms with Crippen LogP contribution in [0.2, 0.25) is 0 Å². The minimum Gasteiger partial charge on any atom is -0.399 e. The second-order valence-corrected chi connectivity index (χ2v) is 12.0. The van der Waals surface area contributed by atoms with Crippen LogP contribution in [0.3, 0.4) is 0 Å². The van der Waals surface area contributed by atoms with Gasteiger partial charge in [-0.15, -0.1) is 0 Å². The Labute approximate surface area is 268 Å². The number of carbonyl (C=O) groups is 1. The van der Waals surface area contributed by atoms with Crippen LogP contribution in [0.25, 0.3) is 11.2 Å². The summed E-state index contributed by atoms with van der Waals surface area (Å²) in [7, 11) is 4.13. The van der Waals surface area contributed by atoms with E-state index in [1.54, 1.807) is 6.92 Å². The Balaban J connectivity index is 1.19. The van der Waals surface area contributed by atoms with Crippen LogP contribution >= 0.6 is 0 Å². The van der Waals surface area contributed by atoms with E-state index in [0.29, 0.717) is 36.1 Å². The summed E-state index contributed by atoms with van der Waals surface area (Å²) in [6.07, 6.45) is 1.15. The third-order valence-corrected chi connectivity index (χ3v) is 8.71. The summed E-state index contributed by atoms with van der Waals surface area (Å²) < 4.78 is 7.27. The first-order valence-electron chi connectivity index (χ1n) is 15.8. The van der Waals surface area contributed by atoms with Crippen molar-refractivity contribution in [3.05, 3.63) is 84.4 Å². The molecular weight excluding hydrogens is 588 g/mol. The van der Waals surface area contributed by atoms with Gasteiger partial charge in [0.15, 0.2) is 17.4 Å². The SMILES string of the molecule is CCNC(=O)[C@H]1O[C@@H](ONC2CCC(N(C)C)C2)[C@H](On2cnc3c(NCC(c4ccccc4)c4ccccc4)ncnc32)[C@@H]1O. The molecule has 3 heterocycles. The zero-order valence-electron chi connectivity index (χ0n) is 26.3. The van der Waals surface area contributed by atoms with Gasteiger partial charge in [-0.25, -0.2) is 15.0 Å². The Hall–Kier alpha value is -4.14. The fourth-order valence-corrected chi connectivity index (χ4v) is 6.18. The topological polar surface area (TPSA) is 148 Å². The maximum Gasteiger partial charge on any atom is 0.252 e. The zero-order chi connectivity index (χ0) is 32.0. The van der Waals surface area contributed by atoms with Crippen molar-refractivity contribution in [1.82, 2.24) is 35.4 Å². The molecule has 1 aliphatic heterocycles. The summed E-state index contributed by atoms with van der Waals surface area (Å²) in [5.41, 5.74) is 6.32. The largest absolute Gasteiger partial charge is 0.399 e. The second-order valence-electron chi connectivity index (χ2n) is 12.0. The van der Waals surface area contributed by atoms with Crippen molar-refractivity contribution in [1.29, 1.82) is 0 Å². The van der Waals surface area contributed by atoms with Gasteiger partial charge in [0.2, 0.25) is 18.0 Å². The number of nitrogens with one attached hydrogen (secondary N) is 3. The predicted octanol–water partition coefficient (Wildman–Crippen LogP) is 2.09. The lowest BCUT2D eigenvalue weighted by Crippen LogP contribution is -2.47. The van der Waals surface area contributed by atoms with Crippen molar-refractivity contribution >= 4 is 22.9 Å².